The lowest BCUT2D eigenvalue weighted by Gasteiger charge is -2.29. The number of carbonyl (C=O) groups is 2. The average molecular weight is 559 g/mol. The van der Waals surface area contributed by atoms with Gasteiger partial charge in [-0.15, -0.1) is 0 Å². The Balaban J connectivity index is 1.47. The Hall–Kier alpha value is -4.04. The zero-order valence-corrected chi connectivity index (χ0v) is 24.0. The summed E-state index contributed by atoms with van der Waals surface area (Å²) in [7, 11) is 0. The number of carbonyl (C=O) groups excluding carboxylic acids is 2. The second kappa shape index (κ2) is 13.1. The third-order valence-corrected chi connectivity index (χ3v) is 7.35. The molecule has 2 heterocycles. The standard InChI is InChI=1S/C33H38N2O6/c1-4-7-20-39-26-17-15-24(16-18-26)34-32(36)29-30(35(41-31(29)33(34)37)25-12-10-9-11-13-25)23-14-19-27(40-21-8-5-2)28(22-23)38-6-3/h9-19,22,29-31H,4-8,20-21H2,1-3H3. The van der Waals surface area contributed by atoms with Crippen LogP contribution in [0.3, 0.4) is 0 Å². The van der Waals surface area contributed by atoms with Crippen LogP contribution in [0.5, 0.6) is 17.2 Å². The quantitative estimate of drug-likeness (QED) is 0.175. The first kappa shape index (κ1) is 28.5. The van der Waals surface area contributed by atoms with E-state index in [0.717, 1.165) is 36.9 Å². The topological polar surface area (TPSA) is 77.5 Å². The number of rotatable bonds is 13. The largest absolute Gasteiger partial charge is 0.494 e. The fraction of sp³-hybridized carbons (Fsp3) is 0.394. The van der Waals surface area contributed by atoms with Crippen molar-refractivity contribution >= 4 is 23.2 Å². The Morgan fingerprint density at radius 3 is 2.12 bits per heavy atom. The number of imide groups is 1. The van der Waals surface area contributed by atoms with Gasteiger partial charge in [0.05, 0.1) is 37.2 Å². The van der Waals surface area contributed by atoms with Crippen molar-refractivity contribution in [1.29, 1.82) is 0 Å². The first-order valence-electron chi connectivity index (χ1n) is 14.6. The van der Waals surface area contributed by atoms with Gasteiger partial charge in [0, 0.05) is 0 Å². The van der Waals surface area contributed by atoms with Crippen LogP contribution in [0.2, 0.25) is 0 Å². The smallest absolute Gasteiger partial charge is 0.266 e. The Kier molecular flexibility index (Phi) is 9.09. The van der Waals surface area contributed by atoms with Gasteiger partial charge in [-0.2, -0.15) is 0 Å². The van der Waals surface area contributed by atoms with Gasteiger partial charge in [0.15, 0.2) is 17.6 Å². The Labute approximate surface area is 241 Å². The van der Waals surface area contributed by atoms with Crippen LogP contribution in [0.4, 0.5) is 11.4 Å². The van der Waals surface area contributed by atoms with Crippen molar-refractivity contribution < 1.29 is 28.6 Å². The average Bonchev–Trinajstić information content (AvgIpc) is 3.50. The molecule has 3 aromatic rings. The van der Waals surface area contributed by atoms with Gasteiger partial charge in [0.1, 0.15) is 11.7 Å². The lowest BCUT2D eigenvalue weighted by Crippen LogP contribution is -2.37. The molecule has 3 atom stereocenters. The van der Waals surface area contributed by atoms with E-state index < -0.39 is 18.1 Å². The first-order chi connectivity index (χ1) is 20.1. The Morgan fingerprint density at radius 1 is 0.732 bits per heavy atom. The van der Waals surface area contributed by atoms with Crippen molar-refractivity contribution in [2.75, 3.05) is 29.8 Å². The SMILES string of the molecule is CCCCOc1ccc(N2C(=O)C3ON(c4ccccc4)C(c4ccc(OCCCC)c(OCC)c4)C3C2=O)cc1. The zero-order valence-electron chi connectivity index (χ0n) is 24.0. The van der Waals surface area contributed by atoms with E-state index in [1.807, 2.05) is 55.5 Å². The molecule has 0 saturated carbocycles. The lowest BCUT2D eigenvalue weighted by atomic mass is 9.90. The number of anilines is 2. The van der Waals surface area contributed by atoms with Crippen LogP contribution in [0, 0.1) is 5.92 Å². The number of benzene rings is 3. The summed E-state index contributed by atoms with van der Waals surface area (Å²) < 4.78 is 17.7. The summed E-state index contributed by atoms with van der Waals surface area (Å²) in [5.41, 5.74) is 2.06. The number of hydroxylamine groups is 1. The molecule has 3 unspecified atom stereocenters. The number of ether oxygens (including phenoxy) is 3. The molecule has 2 amide bonds. The normalized spacial score (nSPS) is 19.9. The van der Waals surface area contributed by atoms with Crippen molar-refractivity contribution in [2.45, 2.75) is 58.6 Å². The van der Waals surface area contributed by atoms with E-state index in [9.17, 15) is 9.59 Å². The van der Waals surface area contributed by atoms with E-state index in [2.05, 4.69) is 13.8 Å². The lowest BCUT2D eigenvalue weighted by molar-refractivity contribution is -0.126. The minimum atomic E-state index is -0.954. The molecule has 2 aliphatic rings. The molecule has 8 heteroatoms. The maximum atomic E-state index is 14.0. The monoisotopic (exact) mass is 558 g/mol. The molecule has 41 heavy (non-hydrogen) atoms. The number of unbranched alkanes of at least 4 members (excludes halogenated alkanes) is 2. The zero-order chi connectivity index (χ0) is 28.8. The second-order valence-electron chi connectivity index (χ2n) is 10.2. The van der Waals surface area contributed by atoms with Crippen molar-refractivity contribution in [3.8, 4) is 17.2 Å². The molecule has 3 aromatic carbocycles. The minimum Gasteiger partial charge on any atom is -0.494 e. The number of amides is 2. The summed E-state index contributed by atoms with van der Waals surface area (Å²) in [6.07, 6.45) is 3.01. The summed E-state index contributed by atoms with van der Waals surface area (Å²) in [4.78, 5) is 35.3. The third-order valence-electron chi connectivity index (χ3n) is 7.35. The van der Waals surface area contributed by atoms with Gasteiger partial charge in [-0.3, -0.25) is 14.4 Å². The van der Waals surface area contributed by atoms with Crippen LogP contribution in [-0.4, -0.2) is 37.7 Å². The maximum absolute atomic E-state index is 14.0. The van der Waals surface area contributed by atoms with E-state index >= 15 is 0 Å². The molecule has 2 aliphatic heterocycles. The van der Waals surface area contributed by atoms with E-state index in [1.165, 1.54) is 4.90 Å². The molecular formula is C33H38N2O6. The summed E-state index contributed by atoms with van der Waals surface area (Å²) >= 11 is 0. The van der Waals surface area contributed by atoms with Gasteiger partial charge in [0.2, 0.25) is 5.91 Å². The Morgan fingerprint density at radius 2 is 1.44 bits per heavy atom. The van der Waals surface area contributed by atoms with Gasteiger partial charge in [-0.1, -0.05) is 51.0 Å². The second-order valence-corrected chi connectivity index (χ2v) is 10.2. The highest BCUT2D eigenvalue weighted by atomic mass is 16.7. The minimum absolute atomic E-state index is 0.302. The predicted molar refractivity (Wildman–Crippen MR) is 157 cm³/mol. The molecule has 0 spiro atoms. The van der Waals surface area contributed by atoms with Gasteiger partial charge in [-0.05, 0) is 73.9 Å². The first-order valence-corrected chi connectivity index (χ1v) is 14.6. The number of hydrogen-bond donors (Lipinski definition) is 0. The molecule has 0 bridgehead atoms. The van der Waals surface area contributed by atoms with Gasteiger partial charge in [0.25, 0.3) is 5.91 Å². The predicted octanol–water partition coefficient (Wildman–Crippen LogP) is 6.49. The highest BCUT2D eigenvalue weighted by Gasteiger charge is 2.60. The van der Waals surface area contributed by atoms with E-state index in [-0.39, 0.29) is 11.8 Å². The fourth-order valence-electron chi connectivity index (χ4n) is 5.26. The molecular weight excluding hydrogens is 520 g/mol. The van der Waals surface area contributed by atoms with Gasteiger partial charge < -0.3 is 14.2 Å². The summed E-state index contributed by atoms with van der Waals surface area (Å²) in [5, 5.41) is 1.69. The van der Waals surface area contributed by atoms with Crippen molar-refractivity contribution in [1.82, 2.24) is 0 Å². The van der Waals surface area contributed by atoms with Crippen LogP contribution in [-0.2, 0) is 14.4 Å². The van der Waals surface area contributed by atoms with Crippen LogP contribution in [0.15, 0.2) is 72.8 Å². The molecule has 216 valence electrons. The van der Waals surface area contributed by atoms with Crippen molar-refractivity contribution in [3.05, 3.63) is 78.4 Å². The van der Waals surface area contributed by atoms with E-state index in [0.29, 0.717) is 42.8 Å². The summed E-state index contributed by atoms with van der Waals surface area (Å²) in [5.74, 6) is 0.532. The summed E-state index contributed by atoms with van der Waals surface area (Å²) in [6.45, 7) is 7.82. The molecule has 0 radical (unpaired) electrons. The number of para-hydroxylation sites is 1. The Bertz CT molecular complexity index is 1330. The van der Waals surface area contributed by atoms with Crippen LogP contribution in [0.25, 0.3) is 0 Å². The van der Waals surface area contributed by atoms with Crippen LogP contribution < -0.4 is 24.2 Å². The molecule has 5 rings (SSSR count). The number of nitrogens with zero attached hydrogens (tertiary/aromatic N) is 2. The third kappa shape index (κ3) is 5.88. The molecule has 0 aliphatic carbocycles. The van der Waals surface area contributed by atoms with Crippen LogP contribution in [0.1, 0.15) is 58.1 Å². The maximum Gasteiger partial charge on any atom is 0.266 e. The summed E-state index contributed by atoms with van der Waals surface area (Å²) in [6, 6.07) is 21.8. The molecule has 0 N–H and O–H groups in total. The van der Waals surface area contributed by atoms with Crippen molar-refractivity contribution in [2.24, 2.45) is 5.92 Å². The molecule has 0 aromatic heterocycles. The molecule has 8 nitrogen and oxygen atoms in total. The highest BCUT2D eigenvalue weighted by Crippen LogP contribution is 2.48. The number of hydrogen-bond acceptors (Lipinski definition) is 7. The fourth-order valence-corrected chi connectivity index (χ4v) is 5.26. The van der Waals surface area contributed by atoms with Crippen molar-refractivity contribution in [3.63, 3.8) is 0 Å². The molecule has 2 saturated heterocycles. The molecule has 2 fully saturated rings. The van der Waals surface area contributed by atoms with Gasteiger partial charge in [-0.25, -0.2) is 9.96 Å². The van der Waals surface area contributed by atoms with Gasteiger partial charge >= 0.3 is 0 Å². The van der Waals surface area contributed by atoms with E-state index in [1.54, 1.807) is 29.3 Å². The van der Waals surface area contributed by atoms with E-state index in [4.69, 9.17) is 19.0 Å². The van der Waals surface area contributed by atoms with Crippen LogP contribution >= 0.6 is 0 Å². The highest BCUT2D eigenvalue weighted by molar-refractivity contribution is 6.23. The number of fused-ring (bicyclic) bond motifs is 1.